The minimum absolute atomic E-state index is 0. The molecule has 0 saturated heterocycles. The first-order valence-corrected chi connectivity index (χ1v) is 4.15. The molecular weight excluding hydrogens is 230 g/mol. The van der Waals surface area contributed by atoms with Crippen LogP contribution in [0.1, 0.15) is 0 Å². The van der Waals surface area contributed by atoms with Crippen LogP contribution >= 0.6 is 16.4 Å². The average molecular weight is 248 g/mol. The smallest absolute Gasteiger partial charge is 0.344 e. The zero-order chi connectivity index (χ0) is 8.08. The van der Waals surface area contributed by atoms with E-state index in [0.29, 0.717) is 0 Å². The summed E-state index contributed by atoms with van der Waals surface area (Å²) in [7, 11) is -7.26. The first-order valence-electron chi connectivity index (χ1n) is 1.38. The summed E-state index contributed by atoms with van der Waals surface area (Å²) in [4.78, 5) is 43.3. The van der Waals surface area contributed by atoms with Gasteiger partial charge in [-0.3, -0.25) is 0 Å². The molecule has 0 saturated carbocycles. The van der Waals surface area contributed by atoms with Gasteiger partial charge in [-0.15, -0.1) is 0 Å². The highest BCUT2D eigenvalue weighted by atomic mass is 31.2. The fourth-order valence-corrected chi connectivity index (χ4v) is 0. The van der Waals surface area contributed by atoms with Gasteiger partial charge in [0.25, 0.3) is 0 Å². The van der Waals surface area contributed by atoms with E-state index < -0.39 is 16.4 Å². The van der Waals surface area contributed by atoms with Crippen LogP contribution in [0.2, 0.25) is 0 Å². The van der Waals surface area contributed by atoms with Crippen LogP contribution in [0, 0.1) is 0 Å². The van der Waals surface area contributed by atoms with Crippen molar-refractivity contribution >= 4 is 16.4 Å². The Kier molecular flexibility index (Phi) is 52.7. The van der Waals surface area contributed by atoms with Crippen molar-refractivity contribution < 1.29 is 33.9 Å². The summed E-state index contributed by atoms with van der Waals surface area (Å²) in [5.74, 6) is 0. The zero-order valence-corrected chi connectivity index (χ0v) is 8.60. The third-order valence-electron chi connectivity index (χ3n) is 0. The number of hydrogen-bond acceptors (Lipinski definition) is 8. The lowest BCUT2D eigenvalue weighted by Gasteiger charge is -1.82. The molecule has 0 aliphatic carbocycles. The summed E-state index contributed by atoms with van der Waals surface area (Å²) in [5.41, 5.74) is 0. The topological polar surface area (TPSA) is 278 Å². The highest BCUT2D eigenvalue weighted by molar-refractivity contribution is 7.45. The van der Waals surface area contributed by atoms with Crippen LogP contribution in [-0.2, 0) is 4.57 Å². The Morgan fingerprint density at radius 2 is 0.769 bits per heavy atom. The number of phosphoric acid groups is 1. The third kappa shape index (κ3) is 19100. The lowest BCUT2D eigenvalue weighted by Crippen LogP contribution is -1.66. The molecule has 0 aromatic rings. The van der Waals surface area contributed by atoms with E-state index in [1.807, 2.05) is 0 Å². The molecule has 13 heteroatoms. The monoisotopic (exact) mass is 248 g/mol. The Morgan fingerprint density at radius 3 is 0.769 bits per heavy atom. The van der Waals surface area contributed by atoms with Crippen molar-refractivity contribution in [2.75, 3.05) is 0 Å². The number of hydrogen-bond donors (Lipinski definition) is 10. The standard InChI is InChI=1S/4H3N.H3O4P.H3O3P/c;;;;1-5(2,3)4;1-4(2)3/h4*1H3;(H3,1,2,3,4);1-3H. The van der Waals surface area contributed by atoms with Crippen molar-refractivity contribution in [1.29, 1.82) is 0 Å². The molecule has 0 aliphatic rings. The molecule has 0 amide bonds. The van der Waals surface area contributed by atoms with Crippen LogP contribution in [-0.4, -0.2) is 29.4 Å². The van der Waals surface area contributed by atoms with E-state index in [1.54, 1.807) is 0 Å². The normalized spacial score (nSPS) is 7.31. The minimum Gasteiger partial charge on any atom is -0.344 e. The molecule has 90 valence electrons. The van der Waals surface area contributed by atoms with Gasteiger partial charge in [-0.2, -0.15) is 0 Å². The van der Waals surface area contributed by atoms with Crippen LogP contribution in [0.15, 0.2) is 0 Å². The quantitative estimate of drug-likeness (QED) is 0.229. The van der Waals surface area contributed by atoms with E-state index in [0.717, 1.165) is 0 Å². The molecule has 0 aromatic carbocycles. The van der Waals surface area contributed by atoms with Crippen molar-refractivity contribution in [3.63, 3.8) is 0 Å². The Labute approximate surface area is 76.0 Å². The number of rotatable bonds is 0. The van der Waals surface area contributed by atoms with Gasteiger partial charge in [0.15, 0.2) is 0 Å². The fourth-order valence-electron chi connectivity index (χ4n) is 0. The summed E-state index contributed by atoms with van der Waals surface area (Å²) in [6, 6.07) is 0. The van der Waals surface area contributed by atoms with Crippen molar-refractivity contribution in [1.82, 2.24) is 24.6 Å². The minimum atomic E-state index is -4.64. The van der Waals surface area contributed by atoms with Crippen LogP contribution in [0.25, 0.3) is 0 Å². The summed E-state index contributed by atoms with van der Waals surface area (Å²) in [5, 5.41) is 0. The predicted octanol–water partition coefficient (Wildman–Crippen LogP) is -1.09. The maximum Gasteiger partial charge on any atom is 0.466 e. The molecule has 0 bridgehead atoms. The van der Waals surface area contributed by atoms with Crippen LogP contribution < -0.4 is 24.6 Å². The van der Waals surface area contributed by atoms with E-state index >= 15 is 0 Å². The van der Waals surface area contributed by atoms with Crippen molar-refractivity contribution in [3.8, 4) is 0 Å². The second kappa shape index (κ2) is 18.1. The highest BCUT2D eigenvalue weighted by Crippen LogP contribution is 2.25. The first kappa shape index (κ1) is 37.8. The predicted molar refractivity (Wildman–Crippen MR) is 47.9 cm³/mol. The van der Waals surface area contributed by atoms with Crippen molar-refractivity contribution in [3.05, 3.63) is 0 Å². The Morgan fingerprint density at radius 1 is 0.769 bits per heavy atom. The lowest BCUT2D eigenvalue weighted by molar-refractivity contribution is 0.275. The Hall–Kier alpha value is 0.260. The van der Waals surface area contributed by atoms with Gasteiger partial charge in [0.2, 0.25) is 0 Å². The van der Waals surface area contributed by atoms with E-state index in [2.05, 4.69) is 0 Å². The summed E-state index contributed by atoms with van der Waals surface area (Å²) in [6.45, 7) is 0. The second-order valence-electron chi connectivity index (χ2n) is 0.782. The van der Waals surface area contributed by atoms with Crippen LogP contribution in [0.5, 0.6) is 0 Å². The van der Waals surface area contributed by atoms with Gasteiger partial charge < -0.3 is 54.0 Å². The highest BCUT2D eigenvalue weighted by Gasteiger charge is 2.00. The molecule has 0 heterocycles. The largest absolute Gasteiger partial charge is 0.466 e. The van der Waals surface area contributed by atoms with Gasteiger partial charge in [0.1, 0.15) is 0 Å². The van der Waals surface area contributed by atoms with E-state index in [4.69, 9.17) is 33.9 Å². The van der Waals surface area contributed by atoms with E-state index in [-0.39, 0.29) is 24.6 Å². The summed E-state index contributed by atoms with van der Waals surface area (Å²) in [6.07, 6.45) is 0. The van der Waals surface area contributed by atoms with Gasteiger partial charge in [0.05, 0.1) is 0 Å². The third-order valence-corrected chi connectivity index (χ3v) is 0. The Balaban J connectivity index is -0.0000000146. The molecule has 0 rings (SSSR count). The van der Waals surface area contributed by atoms with Gasteiger partial charge in [-0.1, -0.05) is 0 Å². The second-order valence-corrected chi connectivity index (χ2v) is 2.34. The molecule has 0 aliphatic heterocycles. The molecule has 0 aromatic heterocycles. The molecule has 13 heavy (non-hydrogen) atoms. The summed E-state index contributed by atoms with van der Waals surface area (Å²) < 4.78 is 8.88. The fraction of sp³-hybridized carbons (Fsp3) is 0. The molecule has 0 atom stereocenters. The molecule has 11 nitrogen and oxygen atoms in total. The van der Waals surface area contributed by atoms with Gasteiger partial charge in [-0.25, -0.2) is 4.57 Å². The van der Waals surface area contributed by atoms with Crippen molar-refractivity contribution in [2.45, 2.75) is 0 Å². The summed E-state index contributed by atoms with van der Waals surface area (Å²) >= 11 is 0. The lowest BCUT2D eigenvalue weighted by atomic mass is 14.0. The molecule has 0 unspecified atom stereocenters. The maximum atomic E-state index is 8.88. The van der Waals surface area contributed by atoms with Crippen LogP contribution in [0.3, 0.4) is 0 Å². The average Bonchev–Trinajstić information content (AvgIpc) is 1.19. The molecule has 0 spiro atoms. The maximum absolute atomic E-state index is 8.88. The Bertz CT molecular complexity index is 89.6. The molecule has 18 N–H and O–H groups in total. The SMILES string of the molecule is N.N.N.N.O=P(O)(O)O.OP(O)O. The van der Waals surface area contributed by atoms with E-state index in [9.17, 15) is 0 Å². The molecule has 0 radical (unpaired) electrons. The van der Waals surface area contributed by atoms with Gasteiger partial charge in [0, 0.05) is 0 Å². The molecule has 0 fully saturated rings. The van der Waals surface area contributed by atoms with Crippen LogP contribution in [0.4, 0.5) is 0 Å². The van der Waals surface area contributed by atoms with Crippen molar-refractivity contribution in [2.24, 2.45) is 0 Å². The van der Waals surface area contributed by atoms with Gasteiger partial charge >= 0.3 is 16.4 Å². The molecular formula is H18N4O7P2. The first-order chi connectivity index (χ1) is 3.73. The van der Waals surface area contributed by atoms with Gasteiger partial charge in [-0.05, 0) is 0 Å². The van der Waals surface area contributed by atoms with E-state index in [1.165, 1.54) is 0 Å². The zero-order valence-electron chi connectivity index (χ0n) is 6.81.